The number of hydrogen-bond acceptors (Lipinski definition) is 3. The lowest BCUT2D eigenvalue weighted by molar-refractivity contribution is 0.444. The largest absolute Gasteiger partial charge is 0.507 e. The number of benzene rings is 1. The summed E-state index contributed by atoms with van der Waals surface area (Å²) in [6, 6.07) is 7.28. The molecule has 0 atom stereocenters. The SMILES string of the molecule is C=C(O)C(Cc1ccc(Cl)cc1)=NC(=C)C(=C)CN. The van der Waals surface area contributed by atoms with Crippen molar-refractivity contribution in [1.29, 1.82) is 0 Å². The molecule has 0 heterocycles. The first-order valence-electron chi connectivity index (χ1n) is 5.71. The van der Waals surface area contributed by atoms with Crippen LogP contribution in [0.5, 0.6) is 0 Å². The molecule has 0 fully saturated rings. The lowest BCUT2D eigenvalue weighted by Gasteiger charge is -2.08. The first kappa shape index (κ1) is 15.2. The van der Waals surface area contributed by atoms with Gasteiger partial charge >= 0.3 is 0 Å². The van der Waals surface area contributed by atoms with Crippen LogP contribution in [0, 0.1) is 0 Å². The molecule has 1 rings (SSSR count). The van der Waals surface area contributed by atoms with Crippen molar-refractivity contribution in [2.75, 3.05) is 6.54 Å². The number of aliphatic imine (C=N–C) groups is 1. The molecular formula is C15H17ClN2O. The second-order valence-corrected chi connectivity index (χ2v) is 4.50. The van der Waals surface area contributed by atoms with Gasteiger partial charge in [-0.25, -0.2) is 4.99 Å². The van der Waals surface area contributed by atoms with Crippen LogP contribution in [0.2, 0.25) is 5.02 Å². The Balaban J connectivity index is 2.93. The van der Waals surface area contributed by atoms with E-state index in [9.17, 15) is 5.11 Å². The third-order valence-electron chi connectivity index (χ3n) is 2.54. The van der Waals surface area contributed by atoms with Crippen LogP contribution < -0.4 is 5.73 Å². The smallest absolute Gasteiger partial charge is 0.130 e. The van der Waals surface area contributed by atoms with E-state index in [1.165, 1.54) is 0 Å². The monoisotopic (exact) mass is 276 g/mol. The minimum atomic E-state index is -0.0964. The number of nitrogens with two attached hydrogens (primary N) is 1. The van der Waals surface area contributed by atoms with E-state index in [1.54, 1.807) is 12.1 Å². The topological polar surface area (TPSA) is 58.6 Å². The number of aliphatic hydroxyl groups is 1. The van der Waals surface area contributed by atoms with Crippen LogP contribution >= 0.6 is 11.6 Å². The van der Waals surface area contributed by atoms with E-state index in [0.29, 0.717) is 28.4 Å². The summed E-state index contributed by atoms with van der Waals surface area (Å²) in [4.78, 5) is 4.22. The third-order valence-corrected chi connectivity index (χ3v) is 2.79. The molecule has 4 heteroatoms. The molecule has 19 heavy (non-hydrogen) atoms. The predicted molar refractivity (Wildman–Crippen MR) is 81.7 cm³/mol. The standard InChI is InChI=1S/C15H17ClN2O/c1-10(9-17)11(2)18-15(12(3)19)8-13-4-6-14(16)7-5-13/h4-7,19H,1-3,8-9,17H2. The molecule has 0 amide bonds. The molecule has 1 aromatic rings. The number of aliphatic hydroxyl groups excluding tert-OH is 1. The van der Waals surface area contributed by atoms with E-state index in [1.807, 2.05) is 12.1 Å². The molecule has 3 nitrogen and oxygen atoms in total. The fourth-order valence-corrected chi connectivity index (χ4v) is 1.49. The lowest BCUT2D eigenvalue weighted by Crippen LogP contribution is -2.09. The molecule has 1 aromatic carbocycles. The fourth-order valence-electron chi connectivity index (χ4n) is 1.36. The van der Waals surface area contributed by atoms with Crippen LogP contribution in [-0.2, 0) is 6.42 Å². The Kier molecular flexibility index (Phi) is 5.55. The Morgan fingerprint density at radius 2 is 1.79 bits per heavy atom. The van der Waals surface area contributed by atoms with E-state index < -0.39 is 0 Å². The summed E-state index contributed by atoms with van der Waals surface area (Å²) >= 11 is 5.82. The first-order chi connectivity index (χ1) is 8.93. The molecule has 0 aromatic heterocycles. The maximum absolute atomic E-state index is 9.58. The van der Waals surface area contributed by atoms with Gasteiger partial charge in [0.15, 0.2) is 0 Å². The summed E-state index contributed by atoms with van der Waals surface area (Å²) in [5, 5.41) is 10.2. The summed E-state index contributed by atoms with van der Waals surface area (Å²) in [6.07, 6.45) is 0.434. The summed E-state index contributed by atoms with van der Waals surface area (Å²) in [5.74, 6) is -0.0964. The van der Waals surface area contributed by atoms with Crippen molar-refractivity contribution in [3.05, 3.63) is 71.6 Å². The van der Waals surface area contributed by atoms with E-state index in [4.69, 9.17) is 17.3 Å². The van der Waals surface area contributed by atoms with E-state index in [-0.39, 0.29) is 12.3 Å². The van der Waals surface area contributed by atoms with Crippen molar-refractivity contribution in [2.24, 2.45) is 10.7 Å². The summed E-state index contributed by atoms with van der Waals surface area (Å²) in [7, 11) is 0. The van der Waals surface area contributed by atoms with Crippen molar-refractivity contribution in [1.82, 2.24) is 0 Å². The molecule has 0 radical (unpaired) electrons. The zero-order valence-electron chi connectivity index (χ0n) is 10.7. The lowest BCUT2D eigenvalue weighted by atomic mass is 10.1. The van der Waals surface area contributed by atoms with Gasteiger partial charge in [0.1, 0.15) is 5.76 Å². The van der Waals surface area contributed by atoms with Gasteiger partial charge in [0.05, 0.1) is 11.4 Å². The summed E-state index contributed by atoms with van der Waals surface area (Å²) in [6.45, 7) is 11.3. The van der Waals surface area contributed by atoms with Crippen molar-refractivity contribution in [3.63, 3.8) is 0 Å². The van der Waals surface area contributed by atoms with Crippen LogP contribution in [0.1, 0.15) is 5.56 Å². The van der Waals surface area contributed by atoms with Gasteiger partial charge in [-0.15, -0.1) is 0 Å². The summed E-state index contributed by atoms with van der Waals surface area (Å²) in [5.41, 5.74) is 7.93. The highest BCUT2D eigenvalue weighted by molar-refractivity contribution is 6.30. The number of nitrogens with zero attached hydrogens (tertiary/aromatic N) is 1. The second-order valence-electron chi connectivity index (χ2n) is 4.06. The first-order valence-corrected chi connectivity index (χ1v) is 6.09. The van der Waals surface area contributed by atoms with Gasteiger partial charge in [-0.05, 0) is 23.3 Å². The molecule has 0 aliphatic rings. The molecule has 0 bridgehead atoms. The molecule has 0 spiro atoms. The third kappa shape index (κ3) is 4.73. The highest BCUT2D eigenvalue weighted by Gasteiger charge is 2.07. The quantitative estimate of drug-likeness (QED) is 0.475. The molecular weight excluding hydrogens is 260 g/mol. The van der Waals surface area contributed by atoms with Crippen LogP contribution in [-0.4, -0.2) is 17.4 Å². The van der Waals surface area contributed by atoms with Crippen LogP contribution in [0.4, 0.5) is 0 Å². The molecule has 100 valence electrons. The van der Waals surface area contributed by atoms with Crippen molar-refractivity contribution < 1.29 is 5.11 Å². The predicted octanol–water partition coefficient (Wildman–Crippen LogP) is 3.42. The second kappa shape index (κ2) is 6.92. The zero-order valence-corrected chi connectivity index (χ0v) is 11.5. The van der Waals surface area contributed by atoms with Gasteiger partial charge in [-0.1, -0.05) is 43.5 Å². The van der Waals surface area contributed by atoms with Gasteiger partial charge in [0.25, 0.3) is 0 Å². The Bertz CT molecular complexity index is 530. The molecule has 0 unspecified atom stereocenters. The van der Waals surface area contributed by atoms with Crippen LogP contribution in [0.3, 0.4) is 0 Å². The van der Waals surface area contributed by atoms with Crippen molar-refractivity contribution >= 4 is 17.3 Å². The molecule has 0 aliphatic carbocycles. The van der Waals surface area contributed by atoms with Gasteiger partial charge in [-0.3, -0.25) is 0 Å². The maximum Gasteiger partial charge on any atom is 0.130 e. The van der Waals surface area contributed by atoms with E-state index in [2.05, 4.69) is 24.7 Å². The van der Waals surface area contributed by atoms with Gasteiger partial charge in [0.2, 0.25) is 0 Å². The number of rotatable bonds is 6. The number of hydrogen-bond donors (Lipinski definition) is 2. The van der Waals surface area contributed by atoms with E-state index >= 15 is 0 Å². The fraction of sp³-hybridized carbons (Fsp3) is 0.133. The Hall–Kier alpha value is -1.84. The normalized spacial score (nSPS) is 11.2. The van der Waals surface area contributed by atoms with Gasteiger partial charge < -0.3 is 10.8 Å². The molecule has 0 saturated heterocycles. The molecule has 3 N–H and O–H groups in total. The van der Waals surface area contributed by atoms with Gasteiger partial charge in [0, 0.05) is 18.0 Å². The van der Waals surface area contributed by atoms with Crippen LogP contribution in [0.25, 0.3) is 0 Å². The average Bonchev–Trinajstić information content (AvgIpc) is 2.39. The number of halogens is 1. The minimum Gasteiger partial charge on any atom is -0.507 e. The van der Waals surface area contributed by atoms with Gasteiger partial charge in [-0.2, -0.15) is 0 Å². The maximum atomic E-state index is 9.58. The number of allylic oxidation sites excluding steroid dienone is 1. The Morgan fingerprint density at radius 1 is 1.21 bits per heavy atom. The van der Waals surface area contributed by atoms with Crippen molar-refractivity contribution in [3.8, 4) is 0 Å². The van der Waals surface area contributed by atoms with E-state index in [0.717, 1.165) is 5.56 Å². The zero-order chi connectivity index (χ0) is 14.4. The Morgan fingerprint density at radius 3 is 2.26 bits per heavy atom. The van der Waals surface area contributed by atoms with Crippen LogP contribution in [0.15, 0.2) is 66.0 Å². The Labute approximate surface area is 118 Å². The highest BCUT2D eigenvalue weighted by atomic mass is 35.5. The highest BCUT2D eigenvalue weighted by Crippen LogP contribution is 2.13. The molecule has 0 saturated carbocycles. The average molecular weight is 277 g/mol. The molecule has 0 aliphatic heterocycles. The summed E-state index contributed by atoms with van der Waals surface area (Å²) < 4.78 is 0. The minimum absolute atomic E-state index is 0.0964. The van der Waals surface area contributed by atoms with Crippen molar-refractivity contribution in [2.45, 2.75) is 6.42 Å².